The van der Waals surface area contributed by atoms with Gasteiger partial charge in [0.15, 0.2) is 0 Å². The fourth-order valence-electron chi connectivity index (χ4n) is 1.05. The van der Waals surface area contributed by atoms with Gasteiger partial charge in [-0.15, -0.1) is 0 Å². The summed E-state index contributed by atoms with van der Waals surface area (Å²) in [6.45, 7) is 2.91. The van der Waals surface area contributed by atoms with Gasteiger partial charge >= 0.3 is 0 Å². The van der Waals surface area contributed by atoms with E-state index in [1.807, 2.05) is 0 Å². The molecule has 1 aromatic rings. The van der Waals surface area contributed by atoms with Crippen LogP contribution >= 0.6 is 0 Å². The van der Waals surface area contributed by atoms with Crippen LogP contribution in [-0.2, 0) is 0 Å². The highest BCUT2D eigenvalue weighted by atomic mass is 16.2. The first-order chi connectivity index (χ1) is 5.75. The molecule has 1 N–H and O–H groups in total. The molecule has 1 rings (SSSR count). The molecule has 0 unspecified atom stereocenters. The first-order valence-corrected chi connectivity index (χ1v) is 4.30. The standard InChI is InChI=1S/C9H13NO2/c1-2-3-4-5-10-7-6-8(11)9(7)12/h6,10H,2-5H2,1H3. The molecular weight excluding hydrogens is 154 g/mol. The molecular formula is C9H13NO2. The van der Waals surface area contributed by atoms with E-state index in [-0.39, 0.29) is 10.9 Å². The molecule has 0 spiro atoms. The third-order valence-electron chi connectivity index (χ3n) is 1.84. The normalized spacial score (nSPS) is 10.4. The maximum Gasteiger partial charge on any atom is 0.248 e. The third kappa shape index (κ3) is 1.94. The number of hydrogen-bond donors (Lipinski definition) is 1. The first-order valence-electron chi connectivity index (χ1n) is 4.30. The number of hydrogen-bond acceptors (Lipinski definition) is 3. The van der Waals surface area contributed by atoms with Crippen LogP contribution in [0.5, 0.6) is 0 Å². The molecule has 66 valence electrons. The van der Waals surface area contributed by atoms with Crippen molar-refractivity contribution < 1.29 is 0 Å². The summed E-state index contributed by atoms with van der Waals surface area (Å²) >= 11 is 0. The molecule has 0 heterocycles. The fourth-order valence-corrected chi connectivity index (χ4v) is 1.05. The van der Waals surface area contributed by atoms with Crippen molar-refractivity contribution in [2.45, 2.75) is 26.2 Å². The molecule has 0 fully saturated rings. The van der Waals surface area contributed by atoms with Crippen LogP contribution in [0, 0.1) is 0 Å². The Kier molecular flexibility index (Phi) is 3.02. The quantitative estimate of drug-likeness (QED) is 0.523. The monoisotopic (exact) mass is 167 g/mol. The average Bonchev–Trinajstić information content (AvgIpc) is 2.10. The number of rotatable bonds is 5. The van der Waals surface area contributed by atoms with Crippen LogP contribution in [0.2, 0.25) is 0 Å². The molecule has 0 aliphatic rings. The summed E-state index contributed by atoms with van der Waals surface area (Å²) in [7, 11) is 0. The van der Waals surface area contributed by atoms with Gasteiger partial charge in [0.05, 0.1) is 5.69 Å². The summed E-state index contributed by atoms with van der Waals surface area (Å²) in [6.07, 6.45) is 3.37. The topological polar surface area (TPSA) is 46.2 Å². The minimum Gasteiger partial charge on any atom is -0.382 e. The lowest BCUT2D eigenvalue weighted by Crippen LogP contribution is -2.32. The van der Waals surface area contributed by atoms with Crippen molar-refractivity contribution in [2.75, 3.05) is 11.9 Å². The van der Waals surface area contributed by atoms with Gasteiger partial charge in [-0.3, -0.25) is 9.59 Å². The maximum atomic E-state index is 10.7. The van der Waals surface area contributed by atoms with Gasteiger partial charge in [0.2, 0.25) is 10.9 Å². The van der Waals surface area contributed by atoms with E-state index in [1.165, 1.54) is 6.07 Å². The SMILES string of the molecule is CCCCCNc1cc(=O)c1=O. The Morgan fingerprint density at radius 1 is 1.33 bits per heavy atom. The number of unbranched alkanes of at least 4 members (excludes halogenated alkanes) is 2. The third-order valence-corrected chi connectivity index (χ3v) is 1.84. The van der Waals surface area contributed by atoms with E-state index < -0.39 is 0 Å². The summed E-state index contributed by atoms with van der Waals surface area (Å²) in [5, 5.41) is 2.92. The molecule has 1 aromatic carbocycles. The molecule has 0 atom stereocenters. The van der Waals surface area contributed by atoms with Gasteiger partial charge in [0.25, 0.3) is 0 Å². The predicted octanol–water partition coefficient (Wildman–Crippen LogP) is 0.885. The highest BCUT2D eigenvalue weighted by molar-refractivity contribution is 5.46. The Balaban J connectivity index is 2.23. The van der Waals surface area contributed by atoms with Crippen LogP contribution in [0.25, 0.3) is 0 Å². The molecule has 0 amide bonds. The minimum absolute atomic E-state index is 0.369. The summed E-state index contributed by atoms with van der Waals surface area (Å²) < 4.78 is 0. The molecule has 0 aliphatic carbocycles. The van der Waals surface area contributed by atoms with Crippen molar-refractivity contribution in [1.29, 1.82) is 0 Å². The Hall–Kier alpha value is -1.12. The first kappa shape index (κ1) is 8.97. The summed E-state index contributed by atoms with van der Waals surface area (Å²) in [5.41, 5.74) is -0.268. The molecule has 0 saturated heterocycles. The van der Waals surface area contributed by atoms with Gasteiger partial charge in [0, 0.05) is 12.6 Å². The second kappa shape index (κ2) is 4.04. The predicted molar refractivity (Wildman–Crippen MR) is 49.4 cm³/mol. The van der Waals surface area contributed by atoms with Crippen molar-refractivity contribution in [3.63, 3.8) is 0 Å². The van der Waals surface area contributed by atoms with Gasteiger partial charge in [0.1, 0.15) is 0 Å². The molecule has 3 nitrogen and oxygen atoms in total. The van der Waals surface area contributed by atoms with Gasteiger partial charge in [-0.05, 0) is 6.42 Å². The molecule has 0 bridgehead atoms. The second-order valence-electron chi connectivity index (χ2n) is 2.89. The second-order valence-corrected chi connectivity index (χ2v) is 2.89. The largest absolute Gasteiger partial charge is 0.382 e. The van der Waals surface area contributed by atoms with Crippen LogP contribution in [0.4, 0.5) is 5.69 Å². The van der Waals surface area contributed by atoms with Gasteiger partial charge in [-0.25, -0.2) is 0 Å². The van der Waals surface area contributed by atoms with E-state index in [9.17, 15) is 9.59 Å². The lowest BCUT2D eigenvalue weighted by molar-refractivity contribution is 0.743. The van der Waals surface area contributed by atoms with Crippen LogP contribution in [0.1, 0.15) is 26.2 Å². The summed E-state index contributed by atoms with van der Waals surface area (Å²) in [4.78, 5) is 21.2. The van der Waals surface area contributed by atoms with Crippen LogP contribution in [0.3, 0.4) is 0 Å². The number of anilines is 1. The van der Waals surface area contributed by atoms with Crippen molar-refractivity contribution in [1.82, 2.24) is 0 Å². The Labute approximate surface area is 71.1 Å². The van der Waals surface area contributed by atoms with E-state index in [0.29, 0.717) is 5.69 Å². The lowest BCUT2D eigenvalue weighted by Gasteiger charge is -2.04. The number of nitrogens with one attached hydrogen (secondary N) is 1. The van der Waals surface area contributed by atoms with Gasteiger partial charge in [-0.1, -0.05) is 19.8 Å². The zero-order chi connectivity index (χ0) is 8.97. The van der Waals surface area contributed by atoms with Crippen molar-refractivity contribution in [2.24, 2.45) is 0 Å². The van der Waals surface area contributed by atoms with E-state index in [1.54, 1.807) is 0 Å². The average molecular weight is 167 g/mol. The molecule has 12 heavy (non-hydrogen) atoms. The van der Waals surface area contributed by atoms with Crippen LogP contribution in [-0.4, -0.2) is 6.54 Å². The Morgan fingerprint density at radius 3 is 2.58 bits per heavy atom. The molecule has 0 aromatic heterocycles. The lowest BCUT2D eigenvalue weighted by atomic mass is 10.2. The molecule has 0 saturated carbocycles. The van der Waals surface area contributed by atoms with E-state index in [0.717, 1.165) is 25.8 Å². The van der Waals surface area contributed by atoms with Crippen LogP contribution in [0.15, 0.2) is 15.7 Å². The van der Waals surface area contributed by atoms with E-state index in [4.69, 9.17) is 0 Å². The molecule has 0 radical (unpaired) electrons. The van der Waals surface area contributed by atoms with Gasteiger partial charge < -0.3 is 5.32 Å². The van der Waals surface area contributed by atoms with Crippen molar-refractivity contribution >= 4 is 5.69 Å². The zero-order valence-corrected chi connectivity index (χ0v) is 7.22. The zero-order valence-electron chi connectivity index (χ0n) is 7.22. The van der Waals surface area contributed by atoms with E-state index >= 15 is 0 Å². The van der Waals surface area contributed by atoms with Crippen molar-refractivity contribution in [3.8, 4) is 0 Å². The Morgan fingerprint density at radius 2 is 2.08 bits per heavy atom. The molecule has 3 heteroatoms. The van der Waals surface area contributed by atoms with Crippen molar-refractivity contribution in [3.05, 3.63) is 26.5 Å². The Bertz CT molecular complexity index is 310. The van der Waals surface area contributed by atoms with E-state index in [2.05, 4.69) is 12.2 Å². The highest BCUT2D eigenvalue weighted by Crippen LogP contribution is 1.98. The fraction of sp³-hybridized carbons (Fsp3) is 0.556. The highest BCUT2D eigenvalue weighted by Gasteiger charge is 2.06. The molecule has 0 aliphatic heterocycles. The summed E-state index contributed by atoms with van der Waals surface area (Å²) in [5.74, 6) is 0. The summed E-state index contributed by atoms with van der Waals surface area (Å²) in [6, 6.07) is 1.36. The van der Waals surface area contributed by atoms with Crippen LogP contribution < -0.4 is 16.2 Å². The minimum atomic E-state index is -0.381. The maximum absolute atomic E-state index is 10.7. The smallest absolute Gasteiger partial charge is 0.248 e. The van der Waals surface area contributed by atoms with Gasteiger partial charge in [-0.2, -0.15) is 0 Å².